The van der Waals surface area contributed by atoms with Crippen LogP contribution in [-0.2, 0) is 16.1 Å². The first-order valence-corrected chi connectivity index (χ1v) is 6.35. The molecule has 0 unspecified atom stereocenters. The van der Waals surface area contributed by atoms with E-state index in [1.807, 2.05) is 13.0 Å². The Morgan fingerprint density at radius 3 is 2.90 bits per heavy atom. The molecule has 0 atom stereocenters. The van der Waals surface area contributed by atoms with Crippen LogP contribution >= 0.6 is 0 Å². The highest BCUT2D eigenvalue weighted by Crippen LogP contribution is 2.10. The summed E-state index contributed by atoms with van der Waals surface area (Å²) in [5.74, 6) is -0.495. The van der Waals surface area contributed by atoms with Gasteiger partial charge in [0.25, 0.3) is 0 Å². The normalized spacial score (nSPS) is 10.0. The predicted octanol–water partition coefficient (Wildman–Crippen LogP) is 2.12. The van der Waals surface area contributed by atoms with Crippen molar-refractivity contribution in [3.05, 3.63) is 42.0 Å². The van der Waals surface area contributed by atoms with Gasteiger partial charge in [-0.05, 0) is 30.2 Å². The fraction of sp³-hybridized carbons (Fsp3) is 0.267. The maximum absolute atomic E-state index is 11.5. The Labute approximate surface area is 118 Å². The number of allylic oxidation sites excluding steroid dienone is 1. The van der Waals surface area contributed by atoms with Crippen LogP contribution in [0.2, 0.25) is 0 Å². The molecule has 0 aliphatic heterocycles. The van der Waals surface area contributed by atoms with Crippen LogP contribution in [0.25, 0.3) is 0 Å². The Balaban J connectivity index is 2.57. The van der Waals surface area contributed by atoms with Gasteiger partial charge in [0.1, 0.15) is 6.42 Å². The summed E-state index contributed by atoms with van der Waals surface area (Å²) in [4.78, 5) is 22.7. The number of nitriles is 1. The molecule has 0 aliphatic carbocycles. The van der Waals surface area contributed by atoms with Gasteiger partial charge in [-0.25, -0.2) is 0 Å². The van der Waals surface area contributed by atoms with Crippen molar-refractivity contribution in [1.29, 1.82) is 5.26 Å². The molecule has 0 heterocycles. The lowest BCUT2D eigenvalue weighted by molar-refractivity contribution is -0.120. The summed E-state index contributed by atoms with van der Waals surface area (Å²) in [5, 5.41) is 13.7. The second-order valence-corrected chi connectivity index (χ2v) is 4.11. The molecular formula is C15H17N3O2. The Hall–Kier alpha value is -2.61. The Morgan fingerprint density at radius 1 is 1.40 bits per heavy atom. The lowest BCUT2D eigenvalue weighted by atomic mass is 10.2. The summed E-state index contributed by atoms with van der Waals surface area (Å²) in [6.07, 6.45) is 3.92. The van der Waals surface area contributed by atoms with Gasteiger partial charge in [-0.3, -0.25) is 9.59 Å². The van der Waals surface area contributed by atoms with E-state index in [0.29, 0.717) is 12.2 Å². The highest BCUT2D eigenvalue weighted by molar-refractivity contribution is 5.99. The standard InChI is InChI=1S/C15H17N3O2/c1-2-3-7-15(20)18-13-6-4-5-12(10-13)11-17-14(19)8-9-16/h3-7,10H,2,8,11H2,1H3,(H,17,19)(H,18,20)/b7-3+. The van der Waals surface area contributed by atoms with Crippen molar-refractivity contribution in [3.8, 4) is 6.07 Å². The number of rotatable bonds is 6. The van der Waals surface area contributed by atoms with Crippen molar-refractivity contribution in [2.75, 3.05) is 5.32 Å². The highest BCUT2D eigenvalue weighted by Gasteiger charge is 2.02. The van der Waals surface area contributed by atoms with Crippen LogP contribution in [0.15, 0.2) is 36.4 Å². The molecule has 0 saturated heterocycles. The van der Waals surface area contributed by atoms with Crippen molar-refractivity contribution in [1.82, 2.24) is 5.32 Å². The molecule has 20 heavy (non-hydrogen) atoms. The number of carbonyl (C=O) groups excluding carboxylic acids is 2. The summed E-state index contributed by atoms with van der Waals surface area (Å²) in [6, 6.07) is 8.98. The number of anilines is 1. The minimum Gasteiger partial charge on any atom is -0.351 e. The third-order valence-corrected chi connectivity index (χ3v) is 2.43. The summed E-state index contributed by atoms with van der Waals surface area (Å²) in [5.41, 5.74) is 1.52. The van der Waals surface area contributed by atoms with Gasteiger partial charge < -0.3 is 10.6 Å². The van der Waals surface area contributed by atoms with E-state index in [2.05, 4.69) is 10.6 Å². The smallest absolute Gasteiger partial charge is 0.248 e. The zero-order valence-corrected chi connectivity index (χ0v) is 11.3. The maximum atomic E-state index is 11.5. The van der Waals surface area contributed by atoms with Crippen LogP contribution in [0.5, 0.6) is 0 Å². The number of nitrogens with one attached hydrogen (secondary N) is 2. The van der Waals surface area contributed by atoms with Crippen molar-refractivity contribution < 1.29 is 9.59 Å². The van der Waals surface area contributed by atoms with Crippen molar-refractivity contribution in [2.45, 2.75) is 26.3 Å². The Kier molecular flexibility index (Phi) is 6.55. The Bertz CT molecular complexity index is 544. The molecule has 5 heteroatoms. The van der Waals surface area contributed by atoms with E-state index in [0.717, 1.165) is 12.0 Å². The SMILES string of the molecule is CC/C=C/C(=O)Nc1cccc(CNC(=O)CC#N)c1. The van der Waals surface area contributed by atoms with Gasteiger partial charge in [-0.2, -0.15) is 5.26 Å². The topological polar surface area (TPSA) is 82.0 Å². The van der Waals surface area contributed by atoms with Gasteiger partial charge in [-0.15, -0.1) is 0 Å². The van der Waals surface area contributed by atoms with E-state index in [1.165, 1.54) is 6.08 Å². The summed E-state index contributed by atoms with van der Waals surface area (Å²) in [7, 11) is 0. The zero-order valence-electron chi connectivity index (χ0n) is 11.3. The predicted molar refractivity (Wildman–Crippen MR) is 76.6 cm³/mol. The van der Waals surface area contributed by atoms with Crippen molar-refractivity contribution >= 4 is 17.5 Å². The van der Waals surface area contributed by atoms with Crippen LogP contribution in [0.1, 0.15) is 25.3 Å². The minimum atomic E-state index is -0.312. The first-order valence-electron chi connectivity index (χ1n) is 6.35. The molecule has 0 aliphatic rings. The zero-order chi connectivity index (χ0) is 14.8. The molecule has 0 spiro atoms. The number of nitrogens with zero attached hydrogens (tertiary/aromatic N) is 1. The molecule has 0 fully saturated rings. The second kappa shape index (κ2) is 8.48. The summed E-state index contributed by atoms with van der Waals surface area (Å²) >= 11 is 0. The number of benzene rings is 1. The molecule has 104 valence electrons. The van der Waals surface area contributed by atoms with E-state index >= 15 is 0 Å². The minimum absolute atomic E-state index is 0.155. The molecule has 1 rings (SSSR count). The Morgan fingerprint density at radius 2 is 2.20 bits per heavy atom. The van der Waals surface area contributed by atoms with E-state index < -0.39 is 0 Å². The fourth-order valence-electron chi connectivity index (χ4n) is 1.50. The van der Waals surface area contributed by atoms with Crippen LogP contribution in [0, 0.1) is 11.3 Å². The van der Waals surface area contributed by atoms with Gasteiger partial charge in [0.15, 0.2) is 0 Å². The summed E-state index contributed by atoms with van der Waals surface area (Å²) in [6.45, 7) is 2.28. The molecule has 5 nitrogen and oxygen atoms in total. The molecule has 0 aromatic heterocycles. The monoisotopic (exact) mass is 271 g/mol. The van der Waals surface area contributed by atoms with Crippen molar-refractivity contribution in [3.63, 3.8) is 0 Å². The molecule has 2 N–H and O–H groups in total. The third kappa shape index (κ3) is 5.83. The van der Waals surface area contributed by atoms with Crippen LogP contribution < -0.4 is 10.6 Å². The molecular weight excluding hydrogens is 254 g/mol. The van der Waals surface area contributed by atoms with Gasteiger partial charge >= 0.3 is 0 Å². The number of hydrogen-bond acceptors (Lipinski definition) is 3. The van der Waals surface area contributed by atoms with Gasteiger partial charge in [0.05, 0.1) is 6.07 Å². The van der Waals surface area contributed by atoms with E-state index in [4.69, 9.17) is 5.26 Å². The third-order valence-electron chi connectivity index (χ3n) is 2.43. The average Bonchev–Trinajstić information content (AvgIpc) is 2.44. The quantitative estimate of drug-likeness (QED) is 0.777. The largest absolute Gasteiger partial charge is 0.351 e. The van der Waals surface area contributed by atoms with E-state index in [1.54, 1.807) is 30.3 Å². The highest BCUT2D eigenvalue weighted by atomic mass is 16.2. The van der Waals surface area contributed by atoms with Gasteiger partial charge in [-0.1, -0.05) is 25.1 Å². The first-order chi connectivity index (χ1) is 9.65. The average molecular weight is 271 g/mol. The number of hydrogen-bond donors (Lipinski definition) is 2. The fourth-order valence-corrected chi connectivity index (χ4v) is 1.50. The van der Waals surface area contributed by atoms with Gasteiger partial charge in [0, 0.05) is 12.2 Å². The van der Waals surface area contributed by atoms with Crippen LogP contribution in [0.3, 0.4) is 0 Å². The second-order valence-electron chi connectivity index (χ2n) is 4.11. The van der Waals surface area contributed by atoms with Crippen molar-refractivity contribution in [2.24, 2.45) is 0 Å². The van der Waals surface area contributed by atoms with Crippen LogP contribution in [0.4, 0.5) is 5.69 Å². The lowest BCUT2D eigenvalue weighted by Crippen LogP contribution is -2.21. The first kappa shape index (κ1) is 15.4. The molecule has 1 aromatic carbocycles. The molecule has 0 bridgehead atoms. The van der Waals surface area contributed by atoms with Gasteiger partial charge in [0.2, 0.25) is 11.8 Å². The molecule has 0 saturated carbocycles. The summed E-state index contributed by atoms with van der Waals surface area (Å²) < 4.78 is 0. The maximum Gasteiger partial charge on any atom is 0.248 e. The molecule has 1 aromatic rings. The number of carbonyl (C=O) groups is 2. The van der Waals surface area contributed by atoms with E-state index in [-0.39, 0.29) is 18.2 Å². The molecule has 0 radical (unpaired) electrons. The van der Waals surface area contributed by atoms with E-state index in [9.17, 15) is 9.59 Å². The lowest BCUT2D eigenvalue weighted by Gasteiger charge is -2.06. The number of amides is 2. The molecule has 2 amide bonds. The van der Waals surface area contributed by atoms with Crippen LogP contribution in [-0.4, -0.2) is 11.8 Å².